The number of carbonyl (C=O) groups excluding carboxylic acids is 1. The fourth-order valence-corrected chi connectivity index (χ4v) is 3.19. The monoisotopic (exact) mass is 359 g/mol. The van der Waals surface area contributed by atoms with Gasteiger partial charge >= 0.3 is 5.97 Å². The Balaban J connectivity index is 1.72. The number of hydrogen-bond donors (Lipinski definition) is 3. The predicted molar refractivity (Wildman–Crippen MR) is 102 cm³/mol. The van der Waals surface area contributed by atoms with Crippen molar-refractivity contribution in [3.63, 3.8) is 0 Å². The van der Waals surface area contributed by atoms with E-state index in [2.05, 4.69) is 21.9 Å². The van der Waals surface area contributed by atoms with Gasteiger partial charge in [0.05, 0.1) is 16.8 Å². The fraction of sp³-hybridized carbons (Fsp3) is 0.0952. The maximum Gasteiger partial charge on any atom is 0.335 e. The van der Waals surface area contributed by atoms with Gasteiger partial charge in [-0.05, 0) is 29.8 Å². The molecule has 6 nitrogen and oxygen atoms in total. The predicted octanol–water partition coefficient (Wildman–Crippen LogP) is 3.13. The number of carbonyl (C=O) groups is 2. The van der Waals surface area contributed by atoms with Crippen LogP contribution in [0, 0.1) is 0 Å². The zero-order valence-corrected chi connectivity index (χ0v) is 14.5. The van der Waals surface area contributed by atoms with Gasteiger partial charge in [0.15, 0.2) is 0 Å². The smallest absolute Gasteiger partial charge is 0.335 e. The van der Waals surface area contributed by atoms with Crippen LogP contribution in [0.2, 0.25) is 0 Å². The molecular weight excluding hydrogens is 342 g/mol. The molecule has 0 fully saturated rings. The highest BCUT2D eigenvalue weighted by Crippen LogP contribution is 2.28. The third-order valence-corrected chi connectivity index (χ3v) is 4.64. The molecule has 0 saturated heterocycles. The fourth-order valence-electron chi connectivity index (χ4n) is 3.19. The highest BCUT2D eigenvalue weighted by atomic mass is 16.4. The van der Waals surface area contributed by atoms with Crippen LogP contribution >= 0.6 is 0 Å². The van der Waals surface area contributed by atoms with Gasteiger partial charge in [-0.2, -0.15) is 0 Å². The molecule has 1 amide bonds. The second-order valence-electron chi connectivity index (χ2n) is 6.38. The first-order valence-corrected chi connectivity index (χ1v) is 8.52. The van der Waals surface area contributed by atoms with Crippen molar-refractivity contribution in [2.75, 3.05) is 6.54 Å². The molecule has 2 aromatic heterocycles. The second-order valence-corrected chi connectivity index (χ2v) is 6.38. The summed E-state index contributed by atoms with van der Waals surface area (Å²) in [6.45, 7) is 4.24. The first-order chi connectivity index (χ1) is 13.0. The van der Waals surface area contributed by atoms with Crippen molar-refractivity contribution >= 4 is 17.4 Å². The van der Waals surface area contributed by atoms with E-state index in [4.69, 9.17) is 5.11 Å². The molecule has 4 rings (SSSR count). The number of benzene rings is 1. The number of fused-ring (bicyclic) bond motifs is 1. The van der Waals surface area contributed by atoms with Gasteiger partial charge < -0.3 is 15.4 Å². The van der Waals surface area contributed by atoms with Crippen LogP contribution < -0.4 is 5.32 Å². The lowest BCUT2D eigenvalue weighted by Crippen LogP contribution is -2.31. The van der Waals surface area contributed by atoms with E-state index in [0.29, 0.717) is 23.4 Å². The summed E-state index contributed by atoms with van der Waals surface area (Å²) in [6.07, 6.45) is 2.47. The average Bonchev–Trinajstić information content (AvgIpc) is 3.13. The van der Waals surface area contributed by atoms with Crippen molar-refractivity contribution < 1.29 is 14.7 Å². The van der Waals surface area contributed by atoms with Gasteiger partial charge in [0.1, 0.15) is 0 Å². The number of hydrogen-bond acceptors (Lipinski definition) is 3. The Morgan fingerprint density at radius 3 is 2.78 bits per heavy atom. The minimum absolute atomic E-state index is 0.0380. The van der Waals surface area contributed by atoms with E-state index in [-0.39, 0.29) is 11.5 Å². The number of pyridine rings is 1. The summed E-state index contributed by atoms with van der Waals surface area (Å²) in [6, 6.07) is 12.8. The first-order valence-electron chi connectivity index (χ1n) is 8.52. The molecule has 1 aliphatic heterocycles. The molecule has 0 radical (unpaired) electrons. The molecule has 0 bridgehead atoms. The van der Waals surface area contributed by atoms with Crippen LogP contribution in [0.25, 0.3) is 28.1 Å². The lowest BCUT2D eigenvalue weighted by Gasteiger charge is -2.11. The average molecular weight is 359 g/mol. The number of aromatic amines is 1. The number of rotatable bonds is 4. The number of aliphatic carboxylic acids is 1. The summed E-state index contributed by atoms with van der Waals surface area (Å²) in [5, 5.41) is 12.0. The molecule has 27 heavy (non-hydrogen) atoms. The van der Waals surface area contributed by atoms with Crippen LogP contribution in [-0.4, -0.2) is 33.5 Å². The Labute approximate surface area is 155 Å². The maximum absolute atomic E-state index is 12.0. The van der Waals surface area contributed by atoms with Crippen LogP contribution in [0.1, 0.15) is 21.6 Å². The van der Waals surface area contributed by atoms with Crippen molar-refractivity contribution in [2.45, 2.75) is 6.42 Å². The van der Waals surface area contributed by atoms with Crippen molar-refractivity contribution in [1.82, 2.24) is 15.3 Å². The van der Waals surface area contributed by atoms with Gasteiger partial charge in [0.2, 0.25) is 0 Å². The van der Waals surface area contributed by atoms with Crippen molar-refractivity contribution in [3.8, 4) is 22.5 Å². The Kier molecular flexibility index (Phi) is 4.08. The van der Waals surface area contributed by atoms with Gasteiger partial charge in [0.25, 0.3) is 5.91 Å². The number of nitrogens with one attached hydrogen (secondary N) is 2. The van der Waals surface area contributed by atoms with Crippen molar-refractivity contribution in [3.05, 3.63) is 72.1 Å². The van der Waals surface area contributed by atoms with Gasteiger partial charge in [-0.25, -0.2) is 4.79 Å². The third kappa shape index (κ3) is 3.13. The van der Waals surface area contributed by atoms with E-state index in [1.807, 2.05) is 24.3 Å². The summed E-state index contributed by atoms with van der Waals surface area (Å²) >= 11 is 0. The van der Waals surface area contributed by atoms with E-state index >= 15 is 0 Å². The molecule has 0 aliphatic carbocycles. The number of aromatic nitrogens is 2. The largest absolute Gasteiger partial charge is 0.478 e. The van der Waals surface area contributed by atoms with Crippen LogP contribution in [0.4, 0.5) is 0 Å². The molecule has 0 saturated carbocycles. The molecule has 6 heteroatoms. The molecule has 1 aliphatic rings. The number of amides is 1. The number of nitrogens with zero attached hydrogens (tertiary/aromatic N) is 1. The van der Waals surface area contributed by atoms with E-state index in [1.165, 1.54) is 0 Å². The molecule has 0 spiro atoms. The molecule has 3 N–H and O–H groups in total. The zero-order valence-electron chi connectivity index (χ0n) is 14.5. The molecule has 0 atom stereocenters. The number of carboxylic acid groups (broad SMARTS) is 1. The lowest BCUT2D eigenvalue weighted by atomic mass is 10.0. The standard InChI is InChI=1S/C21H17N3O3/c1-12(21(26)27)13-3-2-4-14(9-13)18-10-15(5-7-22-18)19-11-16-17(24-19)6-8-23-20(16)25/h2-5,7,9-11,24H,1,6,8H2,(H,23,25)(H,26,27). The van der Waals surface area contributed by atoms with Crippen LogP contribution in [0.3, 0.4) is 0 Å². The quantitative estimate of drug-likeness (QED) is 0.624. The zero-order chi connectivity index (χ0) is 19.0. The molecule has 3 heterocycles. The van der Waals surface area contributed by atoms with Gasteiger partial charge in [-0.15, -0.1) is 0 Å². The normalized spacial score (nSPS) is 13.0. The van der Waals surface area contributed by atoms with E-state index in [0.717, 1.165) is 28.9 Å². The molecular formula is C21H17N3O3. The Morgan fingerprint density at radius 1 is 1.15 bits per heavy atom. The number of H-pyrrole nitrogens is 1. The Bertz CT molecular complexity index is 1080. The molecule has 1 aromatic carbocycles. The van der Waals surface area contributed by atoms with Crippen LogP contribution in [-0.2, 0) is 11.2 Å². The minimum Gasteiger partial charge on any atom is -0.478 e. The van der Waals surface area contributed by atoms with Crippen LogP contribution in [0.5, 0.6) is 0 Å². The van der Waals surface area contributed by atoms with E-state index in [9.17, 15) is 9.59 Å². The van der Waals surface area contributed by atoms with Gasteiger partial charge in [-0.3, -0.25) is 9.78 Å². The third-order valence-electron chi connectivity index (χ3n) is 4.64. The van der Waals surface area contributed by atoms with E-state index < -0.39 is 5.97 Å². The summed E-state index contributed by atoms with van der Waals surface area (Å²) in [5.74, 6) is -1.11. The first kappa shape index (κ1) is 16.8. The Hall–Kier alpha value is -3.67. The Morgan fingerprint density at radius 2 is 2.00 bits per heavy atom. The highest BCUT2D eigenvalue weighted by molar-refractivity contribution is 6.14. The maximum atomic E-state index is 12.0. The molecule has 0 unspecified atom stereocenters. The summed E-state index contributed by atoms with van der Waals surface area (Å²) in [7, 11) is 0. The molecule has 134 valence electrons. The van der Waals surface area contributed by atoms with Crippen LogP contribution in [0.15, 0.2) is 55.2 Å². The summed E-state index contributed by atoms with van der Waals surface area (Å²) < 4.78 is 0. The lowest BCUT2D eigenvalue weighted by molar-refractivity contribution is -0.130. The topological polar surface area (TPSA) is 95.1 Å². The van der Waals surface area contributed by atoms with Crippen molar-refractivity contribution in [1.29, 1.82) is 0 Å². The second kappa shape index (κ2) is 6.57. The van der Waals surface area contributed by atoms with E-state index in [1.54, 1.807) is 24.4 Å². The number of carboxylic acids is 1. The molecule has 3 aromatic rings. The SMILES string of the molecule is C=C(C(=O)O)c1cccc(-c2cc(-c3cc4c([nH]3)CCNC4=O)ccn2)c1. The highest BCUT2D eigenvalue weighted by Gasteiger charge is 2.20. The van der Waals surface area contributed by atoms with Gasteiger partial charge in [0, 0.05) is 41.7 Å². The summed E-state index contributed by atoms with van der Waals surface area (Å²) in [4.78, 5) is 30.9. The van der Waals surface area contributed by atoms with Crippen molar-refractivity contribution in [2.24, 2.45) is 0 Å². The van der Waals surface area contributed by atoms with Gasteiger partial charge in [-0.1, -0.05) is 24.8 Å². The summed E-state index contributed by atoms with van der Waals surface area (Å²) in [5.41, 5.74) is 5.46. The minimum atomic E-state index is -1.05.